The van der Waals surface area contributed by atoms with Crippen molar-refractivity contribution in [3.63, 3.8) is 0 Å². The average Bonchev–Trinajstić information content (AvgIpc) is 2.67. The molecule has 0 aliphatic carbocycles. The number of carbonyl (C=O) groups is 1. The fourth-order valence-electron chi connectivity index (χ4n) is 4.22. The van der Waals surface area contributed by atoms with Gasteiger partial charge in [-0.15, -0.1) is 0 Å². The van der Waals surface area contributed by atoms with Crippen molar-refractivity contribution in [2.75, 3.05) is 13.1 Å². The summed E-state index contributed by atoms with van der Waals surface area (Å²) in [5.41, 5.74) is 5.34. The summed E-state index contributed by atoms with van der Waals surface area (Å²) in [5.74, 6) is -0.128. The Morgan fingerprint density at radius 3 is 2.37 bits per heavy atom. The van der Waals surface area contributed by atoms with Gasteiger partial charge in [0.15, 0.2) is 0 Å². The van der Waals surface area contributed by atoms with Gasteiger partial charge < -0.3 is 5.32 Å². The Morgan fingerprint density at radius 2 is 1.73 bits per heavy atom. The van der Waals surface area contributed by atoms with Crippen LogP contribution in [0.25, 0.3) is 0 Å². The smallest absolute Gasteiger partial charge is 0.223 e. The molecule has 2 aromatic carbocycles. The molecule has 30 heavy (non-hydrogen) atoms. The van der Waals surface area contributed by atoms with Crippen molar-refractivity contribution in [3.05, 3.63) is 70.3 Å². The van der Waals surface area contributed by atoms with Gasteiger partial charge in [0.2, 0.25) is 15.9 Å². The van der Waals surface area contributed by atoms with Crippen LogP contribution in [0.2, 0.25) is 0 Å². The molecule has 0 saturated carbocycles. The topological polar surface area (TPSA) is 66.5 Å². The van der Waals surface area contributed by atoms with E-state index in [1.54, 1.807) is 0 Å². The predicted molar refractivity (Wildman–Crippen MR) is 121 cm³/mol. The van der Waals surface area contributed by atoms with Crippen LogP contribution in [0.15, 0.2) is 42.5 Å². The molecule has 0 aromatic heterocycles. The minimum atomic E-state index is -3.38. The molecule has 0 radical (unpaired) electrons. The minimum Gasteiger partial charge on any atom is -0.349 e. The van der Waals surface area contributed by atoms with E-state index in [0.717, 1.165) is 16.7 Å². The van der Waals surface area contributed by atoms with E-state index >= 15 is 0 Å². The number of amides is 1. The molecule has 162 valence electrons. The summed E-state index contributed by atoms with van der Waals surface area (Å²) < 4.78 is 27.1. The SMILES string of the molecule is Cc1cccc(CS(=O)(=O)N2CCC(C(=O)NC(C)c3ccc(C)cc3C)CC2)c1. The van der Waals surface area contributed by atoms with Crippen LogP contribution < -0.4 is 5.32 Å². The van der Waals surface area contributed by atoms with Gasteiger partial charge in [0.05, 0.1) is 11.8 Å². The van der Waals surface area contributed by atoms with Gasteiger partial charge in [0, 0.05) is 19.0 Å². The summed E-state index contributed by atoms with van der Waals surface area (Å²) in [6.45, 7) is 8.86. The number of benzene rings is 2. The van der Waals surface area contributed by atoms with E-state index in [9.17, 15) is 13.2 Å². The molecule has 1 fully saturated rings. The molecular weight excluding hydrogens is 396 g/mol. The summed E-state index contributed by atoms with van der Waals surface area (Å²) in [7, 11) is -3.38. The molecule has 1 aliphatic heterocycles. The van der Waals surface area contributed by atoms with Crippen LogP contribution in [0.4, 0.5) is 0 Å². The molecule has 1 atom stereocenters. The fourth-order valence-corrected chi connectivity index (χ4v) is 5.77. The zero-order valence-electron chi connectivity index (χ0n) is 18.3. The third-order valence-electron chi connectivity index (χ3n) is 5.90. The number of hydrogen-bond donors (Lipinski definition) is 1. The van der Waals surface area contributed by atoms with Crippen LogP contribution in [-0.2, 0) is 20.6 Å². The lowest BCUT2D eigenvalue weighted by atomic mass is 9.95. The zero-order chi connectivity index (χ0) is 21.9. The van der Waals surface area contributed by atoms with E-state index < -0.39 is 10.0 Å². The summed E-state index contributed by atoms with van der Waals surface area (Å²) >= 11 is 0. The second kappa shape index (κ2) is 9.31. The molecule has 1 unspecified atom stereocenters. The largest absolute Gasteiger partial charge is 0.349 e. The molecule has 2 aromatic rings. The first-order chi connectivity index (χ1) is 14.2. The lowest BCUT2D eigenvalue weighted by Crippen LogP contribution is -2.43. The quantitative estimate of drug-likeness (QED) is 0.755. The molecule has 0 spiro atoms. The Labute approximate surface area is 180 Å². The van der Waals surface area contributed by atoms with Crippen LogP contribution in [0.1, 0.15) is 53.6 Å². The first kappa shape index (κ1) is 22.5. The highest BCUT2D eigenvalue weighted by molar-refractivity contribution is 7.88. The van der Waals surface area contributed by atoms with Gasteiger partial charge in [-0.1, -0.05) is 53.6 Å². The lowest BCUT2D eigenvalue weighted by molar-refractivity contribution is -0.126. The van der Waals surface area contributed by atoms with Crippen molar-refractivity contribution < 1.29 is 13.2 Å². The van der Waals surface area contributed by atoms with Crippen LogP contribution in [0.3, 0.4) is 0 Å². The van der Waals surface area contributed by atoms with E-state index in [1.807, 2.05) is 38.1 Å². The maximum absolute atomic E-state index is 12.8. The number of sulfonamides is 1. The first-order valence-corrected chi connectivity index (χ1v) is 12.2. The Bertz CT molecular complexity index is 1010. The highest BCUT2D eigenvalue weighted by Crippen LogP contribution is 2.24. The van der Waals surface area contributed by atoms with Crippen LogP contribution in [-0.4, -0.2) is 31.7 Å². The van der Waals surface area contributed by atoms with E-state index in [2.05, 4.69) is 37.4 Å². The third kappa shape index (κ3) is 5.49. The fraction of sp³-hybridized carbons (Fsp3) is 0.458. The molecule has 1 heterocycles. The molecule has 1 aliphatic rings. The standard InChI is InChI=1S/C24H32N2O3S/c1-17-6-5-7-21(15-17)16-30(28,29)26-12-10-22(11-13-26)24(27)25-20(4)23-9-8-18(2)14-19(23)3/h5-9,14-15,20,22H,10-13,16H2,1-4H3,(H,25,27). The van der Waals surface area contributed by atoms with Gasteiger partial charge in [0.1, 0.15) is 0 Å². The Kier molecular flexibility index (Phi) is 6.98. The van der Waals surface area contributed by atoms with Gasteiger partial charge in [-0.25, -0.2) is 12.7 Å². The summed E-state index contributed by atoms with van der Waals surface area (Å²) in [5, 5.41) is 3.12. The second-order valence-corrected chi connectivity index (χ2v) is 10.5. The number of carbonyl (C=O) groups excluding carboxylic acids is 1. The minimum absolute atomic E-state index is 0.00920. The molecular formula is C24H32N2O3S. The Balaban J connectivity index is 1.56. The first-order valence-electron chi connectivity index (χ1n) is 10.6. The maximum Gasteiger partial charge on any atom is 0.223 e. The molecule has 5 nitrogen and oxygen atoms in total. The highest BCUT2D eigenvalue weighted by atomic mass is 32.2. The van der Waals surface area contributed by atoms with Gasteiger partial charge >= 0.3 is 0 Å². The number of nitrogens with zero attached hydrogens (tertiary/aromatic N) is 1. The van der Waals surface area contributed by atoms with E-state index in [-0.39, 0.29) is 23.6 Å². The zero-order valence-corrected chi connectivity index (χ0v) is 19.1. The summed E-state index contributed by atoms with van der Waals surface area (Å²) in [6, 6.07) is 13.8. The molecule has 1 N–H and O–H groups in total. The monoisotopic (exact) mass is 428 g/mol. The number of aryl methyl sites for hydroxylation is 3. The molecule has 0 bridgehead atoms. The van der Waals surface area contributed by atoms with Crippen molar-refractivity contribution in [1.29, 1.82) is 0 Å². The Hall–Kier alpha value is -2.18. The van der Waals surface area contributed by atoms with Gasteiger partial charge in [-0.2, -0.15) is 0 Å². The van der Waals surface area contributed by atoms with Crippen LogP contribution in [0, 0.1) is 26.7 Å². The Morgan fingerprint density at radius 1 is 1.07 bits per heavy atom. The molecule has 1 amide bonds. The van der Waals surface area contributed by atoms with Crippen molar-refractivity contribution in [1.82, 2.24) is 9.62 Å². The van der Waals surface area contributed by atoms with Crippen LogP contribution >= 0.6 is 0 Å². The van der Waals surface area contributed by atoms with Crippen molar-refractivity contribution >= 4 is 15.9 Å². The van der Waals surface area contributed by atoms with E-state index in [4.69, 9.17) is 0 Å². The van der Waals surface area contributed by atoms with Crippen LogP contribution in [0.5, 0.6) is 0 Å². The predicted octanol–water partition coefficient (Wildman–Crippen LogP) is 4.03. The number of rotatable bonds is 6. The summed E-state index contributed by atoms with van der Waals surface area (Å²) in [4.78, 5) is 12.8. The molecule has 6 heteroatoms. The highest BCUT2D eigenvalue weighted by Gasteiger charge is 2.31. The normalized spacial score (nSPS) is 16.9. The average molecular weight is 429 g/mol. The van der Waals surface area contributed by atoms with Crippen molar-refractivity contribution in [3.8, 4) is 0 Å². The van der Waals surface area contributed by atoms with Gasteiger partial charge in [-0.3, -0.25) is 4.79 Å². The van der Waals surface area contributed by atoms with Crippen molar-refractivity contribution in [2.45, 2.75) is 52.3 Å². The van der Waals surface area contributed by atoms with Crippen molar-refractivity contribution in [2.24, 2.45) is 5.92 Å². The van der Waals surface area contributed by atoms with E-state index in [1.165, 1.54) is 15.4 Å². The molecule has 1 saturated heterocycles. The maximum atomic E-state index is 12.8. The number of piperidine rings is 1. The van der Waals surface area contributed by atoms with E-state index in [0.29, 0.717) is 25.9 Å². The number of nitrogens with one attached hydrogen (secondary N) is 1. The summed E-state index contributed by atoms with van der Waals surface area (Å²) in [6.07, 6.45) is 1.11. The third-order valence-corrected chi connectivity index (χ3v) is 7.75. The lowest BCUT2D eigenvalue weighted by Gasteiger charge is -2.31. The molecule has 3 rings (SSSR count). The second-order valence-electron chi connectivity index (χ2n) is 8.51. The number of hydrogen-bond acceptors (Lipinski definition) is 3. The van der Waals surface area contributed by atoms with Gasteiger partial charge in [0.25, 0.3) is 0 Å². The van der Waals surface area contributed by atoms with Gasteiger partial charge in [-0.05, 0) is 57.2 Å².